The van der Waals surface area contributed by atoms with E-state index in [1.165, 1.54) is 0 Å². The Labute approximate surface area is 202 Å². The van der Waals surface area contributed by atoms with Gasteiger partial charge >= 0.3 is 0 Å². The van der Waals surface area contributed by atoms with Crippen LogP contribution in [0, 0.1) is 17.3 Å². The average molecular weight is 469 g/mol. The normalized spacial score (nSPS) is 15.3. The summed E-state index contributed by atoms with van der Waals surface area (Å²) in [5.41, 5.74) is 4.84. The van der Waals surface area contributed by atoms with E-state index in [1.807, 2.05) is 48.5 Å². The highest BCUT2D eigenvalue weighted by atomic mass is 16.2. The molecule has 0 fully saturated rings. The lowest BCUT2D eigenvalue weighted by molar-refractivity contribution is -0.135. The summed E-state index contributed by atoms with van der Waals surface area (Å²) in [4.78, 5) is 39.5. The number of nitrogens with two attached hydrogens (primary N) is 1. The molecular formula is C26H52N4O3. The van der Waals surface area contributed by atoms with Gasteiger partial charge in [0, 0.05) is 11.0 Å². The van der Waals surface area contributed by atoms with Gasteiger partial charge in [0.25, 0.3) is 0 Å². The van der Waals surface area contributed by atoms with E-state index in [9.17, 15) is 14.4 Å². The predicted octanol–water partition coefficient (Wildman–Crippen LogP) is 3.55. The van der Waals surface area contributed by atoms with Crippen LogP contribution in [0.2, 0.25) is 0 Å². The lowest BCUT2D eigenvalue weighted by Crippen LogP contribution is -2.59. The summed E-state index contributed by atoms with van der Waals surface area (Å²) >= 11 is 0. The number of hydrogen-bond donors (Lipinski definition) is 4. The van der Waals surface area contributed by atoms with Crippen molar-refractivity contribution in [3.05, 3.63) is 0 Å². The van der Waals surface area contributed by atoms with Gasteiger partial charge in [-0.2, -0.15) is 0 Å². The largest absolute Gasteiger partial charge is 0.344 e. The lowest BCUT2D eigenvalue weighted by Gasteiger charge is -2.34. The Morgan fingerprint density at radius 1 is 0.848 bits per heavy atom. The van der Waals surface area contributed by atoms with Crippen LogP contribution >= 0.6 is 0 Å². The molecule has 0 aromatic rings. The number of carbonyl (C=O) groups is 3. The van der Waals surface area contributed by atoms with Gasteiger partial charge in [0.1, 0.15) is 6.04 Å². The average Bonchev–Trinajstić information content (AvgIpc) is 2.68. The van der Waals surface area contributed by atoms with E-state index in [2.05, 4.69) is 36.7 Å². The molecule has 7 heteroatoms. The first kappa shape index (κ1) is 31.5. The summed E-state index contributed by atoms with van der Waals surface area (Å²) in [7, 11) is 0. The third-order valence-corrected chi connectivity index (χ3v) is 6.04. The zero-order valence-electron chi connectivity index (χ0n) is 22.9. The standard InChI is InChI=1S/C26H52N4O3/c1-11-26(9,10)30-21(18(4)5)24(33)29-20(16-17(2)3)23(32)28-19(14-12-13-15-27)22(31)25(6,7)8/h17-21,30H,11-16,27H2,1-10H3,(H,28,32)(H,29,33)/t19-,20-,21-/m0/s1. The number of nitrogens with one attached hydrogen (secondary N) is 3. The molecule has 2 amide bonds. The van der Waals surface area contributed by atoms with Gasteiger partial charge in [0.15, 0.2) is 5.78 Å². The van der Waals surface area contributed by atoms with Crippen molar-refractivity contribution in [2.75, 3.05) is 6.54 Å². The molecular weight excluding hydrogens is 416 g/mol. The number of rotatable bonds is 15. The fraction of sp³-hybridized carbons (Fsp3) is 0.885. The summed E-state index contributed by atoms with van der Waals surface area (Å²) in [5.74, 6) is -0.231. The smallest absolute Gasteiger partial charge is 0.243 e. The van der Waals surface area contributed by atoms with Gasteiger partial charge in [-0.15, -0.1) is 0 Å². The summed E-state index contributed by atoms with van der Waals surface area (Å²) in [6.07, 6.45) is 3.47. The van der Waals surface area contributed by atoms with Gasteiger partial charge in [-0.25, -0.2) is 0 Å². The van der Waals surface area contributed by atoms with Gasteiger partial charge in [0.2, 0.25) is 11.8 Å². The van der Waals surface area contributed by atoms with Crippen LogP contribution in [-0.4, -0.2) is 47.8 Å². The van der Waals surface area contributed by atoms with E-state index in [0.717, 1.165) is 19.3 Å². The monoisotopic (exact) mass is 468 g/mol. The SMILES string of the molecule is CCC(C)(C)N[C@H](C(=O)N[C@@H](CC(C)C)C(=O)N[C@@H](CCCCN)C(=O)C(C)(C)C)C(C)C. The van der Waals surface area contributed by atoms with E-state index < -0.39 is 23.5 Å². The molecule has 5 N–H and O–H groups in total. The van der Waals surface area contributed by atoms with Gasteiger partial charge in [-0.3, -0.25) is 14.4 Å². The van der Waals surface area contributed by atoms with Crippen molar-refractivity contribution in [1.82, 2.24) is 16.0 Å². The summed E-state index contributed by atoms with van der Waals surface area (Å²) < 4.78 is 0. The minimum Gasteiger partial charge on any atom is -0.344 e. The molecule has 0 saturated carbocycles. The van der Waals surface area contributed by atoms with Crippen molar-refractivity contribution in [1.29, 1.82) is 0 Å². The zero-order chi connectivity index (χ0) is 26.0. The van der Waals surface area contributed by atoms with Gasteiger partial charge in [-0.1, -0.05) is 55.4 Å². The number of unbranched alkanes of at least 4 members (excludes halogenated alkanes) is 1. The number of ketones is 1. The highest BCUT2D eigenvalue weighted by Gasteiger charge is 2.34. The van der Waals surface area contributed by atoms with Gasteiger partial charge in [0.05, 0.1) is 12.1 Å². The van der Waals surface area contributed by atoms with Crippen LogP contribution in [0.3, 0.4) is 0 Å². The first-order chi connectivity index (χ1) is 15.1. The second kappa shape index (κ2) is 14.1. The van der Waals surface area contributed by atoms with E-state index in [-0.39, 0.29) is 35.0 Å². The van der Waals surface area contributed by atoms with Crippen LogP contribution in [0.4, 0.5) is 0 Å². The maximum absolute atomic E-state index is 13.3. The Hall–Kier alpha value is -1.47. The zero-order valence-corrected chi connectivity index (χ0v) is 22.9. The van der Waals surface area contributed by atoms with Crippen molar-refractivity contribution >= 4 is 17.6 Å². The Bertz CT molecular complexity index is 624. The Balaban J connectivity index is 5.63. The maximum Gasteiger partial charge on any atom is 0.243 e. The van der Waals surface area contributed by atoms with E-state index in [4.69, 9.17) is 5.73 Å². The molecule has 7 nitrogen and oxygen atoms in total. The molecule has 0 aliphatic rings. The van der Waals surface area contributed by atoms with Crippen LogP contribution in [0.25, 0.3) is 0 Å². The van der Waals surface area contributed by atoms with Crippen molar-refractivity contribution in [3.63, 3.8) is 0 Å². The third-order valence-electron chi connectivity index (χ3n) is 6.04. The van der Waals surface area contributed by atoms with E-state index in [0.29, 0.717) is 19.4 Å². The fourth-order valence-corrected chi connectivity index (χ4v) is 3.58. The Morgan fingerprint density at radius 2 is 1.39 bits per heavy atom. The molecule has 0 rings (SSSR count). The summed E-state index contributed by atoms with van der Waals surface area (Å²) in [6.45, 7) is 20.4. The molecule has 0 heterocycles. The Morgan fingerprint density at radius 3 is 1.82 bits per heavy atom. The number of carbonyl (C=O) groups excluding carboxylic acids is 3. The predicted molar refractivity (Wildman–Crippen MR) is 137 cm³/mol. The quantitative estimate of drug-likeness (QED) is 0.275. The number of amides is 2. The fourth-order valence-electron chi connectivity index (χ4n) is 3.58. The first-order valence-corrected chi connectivity index (χ1v) is 12.7. The molecule has 0 bridgehead atoms. The minimum atomic E-state index is -0.699. The summed E-state index contributed by atoms with van der Waals surface area (Å²) in [5, 5.41) is 9.38. The van der Waals surface area contributed by atoms with Crippen LogP contribution in [0.5, 0.6) is 0 Å². The first-order valence-electron chi connectivity index (χ1n) is 12.7. The molecule has 3 atom stereocenters. The summed E-state index contributed by atoms with van der Waals surface area (Å²) in [6, 6.07) is -1.71. The molecule has 0 aromatic heterocycles. The third kappa shape index (κ3) is 12.0. The molecule has 33 heavy (non-hydrogen) atoms. The van der Waals surface area contributed by atoms with Gasteiger partial charge in [-0.05, 0) is 64.3 Å². The van der Waals surface area contributed by atoms with Crippen molar-refractivity contribution in [3.8, 4) is 0 Å². The molecule has 194 valence electrons. The molecule has 0 saturated heterocycles. The highest BCUT2D eigenvalue weighted by molar-refractivity contribution is 5.95. The maximum atomic E-state index is 13.3. The minimum absolute atomic E-state index is 0.00564. The van der Waals surface area contributed by atoms with Gasteiger partial charge < -0.3 is 21.7 Å². The number of hydrogen-bond acceptors (Lipinski definition) is 5. The van der Waals surface area contributed by atoms with Crippen LogP contribution in [-0.2, 0) is 14.4 Å². The van der Waals surface area contributed by atoms with E-state index in [1.54, 1.807) is 0 Å². The van der Waals surface area contributed by atoms with Crippen molar-refractivity contribution < 1.29 is 14.4 Å². The molecule has 0 unspecified atom stereocenters. The number of Topliss-reactive ketones (excluding diaryl/α,β-unsaturated/α-hetero) is 1. The lowest BCUT2D eigenvalue weighted by atomic mass is 9.84. The molecule has 0 spiro atoms. The molecule has 0 aliphatic heterocycles. The van der Waals surface area contributed by atoms with Crippen molar-refractivity contribution in [2.45, 2.75) is 125 Å². The topological polar surface area (TPSA) is 113 Å². The van der Waals surface area contributed by atoms with Crippen LogP contribution in [0.15, 0.2) is 0 Å². The van der Waals surface area contributed by atoms with E-state index >= 15 is 0 Å². The second-order valence-corrected chi connectivity index (χ2v) is 11.8. The molecule has 0 radical (unpaired) electrons. The highest BCUT2D eigenvalue weighted by Crippen LogP contribution is 2.20. The second-order valence-electron chi connectivity index (χ2n) is 11.8. The van der Waals surface area contributed by atoms with Crippen LogP contribution in [0.1, 0.15) is 101 Å². The van der Waals surface area contributed by atoms with Crippen molar-refractivity contribution in [2.24, 2.45) is 23.0 Å². The van der Waals surface area contributed by atoms with Crippen LogP contribution < -0.4 is 21.7 Å². The molecule has 0 aliphatic carbocycles. The molecule has 0 aromatic carbocycles. The Kier molecular flexibility index (Phi) is 13.4.